The van der Waals surface area contributed by atoms with Gasteiger partial charge in [-0.2, -0.15) is 11.3 Å². The van der Waals surface area contributed by atoms with Gasteiger partial charge in [-0.1, -0.05) is 0 Å². The maximum absolute atomic E-state index is 12.2. The zero-order chi connectivity index (χ0) is 16.2. The van der Waals surface area contributed by atoms with Crippen LogP contribution in [0.5, 0.6) is 0 Å². The smallest absolute Gasteiger partial charge is 0.258 e. The van der Waals surface area contributed by atoms with E-state index in [-0.39, 0.29) is 30.7 Å². The van der Waals surface area contributed by atoms with Gasteiger partial charge in [-0.25, -0.2) is 4.98 Å². The Kier molecular flexibility index (Phi) is 4.68. The monoisotopic (exact) mass is 350 g/mol. The second kappa shape index (κ2) is 6.88. The maximum atomic E-state index is 12.2. The van der Waals surface area contributed by atoms with Gasteiger partial charge in [-0.05, 0) is 11.4 Å². The molecule has 0 atom stereocenters. The number of thiophene rings is 1. The summed E-state index contributed by atoms with van der Waals surface area (Å²) in [5.41, 5.74) is 1.17. The molecule has 0 saturated carbocycles. The molecule has 0 bridgehead atoms. The quantitative estimate of drug-likeness (QED) is 0.859. The van der Waals surface area contributed by atoms with Gasteiger partial charge in [0, 0.05) is 23.8 Å². The van der Waals surface area contributed by atoms with Crippen molar-refractivity contribution in [2.75, 3.05) is 25.0 Å². The van der Waals surface area contributed by atoms with E-state index in [0.717, 1.165) is 0 Å². The Balaban J connectivity index is 1.57. The first-order chi connectivity index (χ1) is 11.1. The number of carbonyl (C=O) groups excluding carboxylic acids is 3. The highest BCUT2D eigenvalue weighted by molar-refractivity contribution is 7.14. The summed E-state index contributed by atoms with van der Waals surface area (Å²) in [4.78, 5) is 41.2. The van der Waals surface area contributed by atoms with E-state index in [1.165, 1.54) is 27.6 Å². The van der Waals surface area contributed by atoms with Gasteiger partial charge in [0.2, 0.25) is 11.8 Å². The largest absolute Gasteiger partial charge is 0.353 e. The van der Waals surface area contributed by atoms with Crippen molar-refractivity contribution in [2.24, 2.45) is 0 Å². The van der Waals surface area contributed by atoms with Crippen LogP contribution in [0.15, 0.2) is 22.2 Å². The number of hydrogen-bond acceptors (Lipinski definition) is 6. The van der Waals surface area contributed by atoms with Gasteiger partial charge in [0.15, 0.2) is 5.13 Å². The molecule has 0 radical (unpaired) electrons. The third-order valence-electron chi connectivity index (χ3n) is 3.28. The molecule has 3 amide bonds. The molecule has 2 aromatic heterocycles. The van der Waals surface area contributed by atoms with Gasteiger partial charge in [0.1, 0.15) is 0 Å². The zero-order valence-electron chi connectivity index (χ0n) is 12.1. The number of piperazine rings is 1. The normalized spacial score (nSPS) is 14.4. The van der Waals surface area contributed by atoms with Gasteiger partial charge < -0.3 is 10.2 Å². The van der Waals surface area contributed by atoms with Gasteiger partial charge in [0.25, 0.3) is 5.91 Å². The average molecular weight is 350 g/mol. The van der Waals surface area contributed by atoms with Crippen molar-refractivity contribution in [3.8, 4) is 0 Å². The summed E-state index contributed by atoms with van der Waals surface area (Å²) in [5, 5.41) is 11.2. The fraction of sp³-hybridized carbons (Fsp3) is 0.286. The van der Waals surface area contributed by atoms with Crippen molar-refractivity contribution >= 4 is 45.5 Å². The minimum atomic E-state index is -0.217. The first kappa shape index (κ1) is 15.6. The molecule has 3 heterocycles. The highest BCUT2D eigenvalue weighted by Crippen LogP contribution is 2.18. The van der Waals surface area contributed by atoms with E-state index < -0.39 is 0 Å². The van der Waals surface area contributed by atoms with Crippen molar-refractivity contribution < 1.29 is 14.4 Å². The van der Waals surface area contributed by atoms with Crippen LogP contribution in [-0.2, 0) is 16.0 Å². The lowest BCUT2D eigenvalue weighted by Crippen LogP contribution is -2.50. The Morgan fingerprint density at radius 2 is 2.26 bits per heavy atom. The Labute approximate surface area is 140 Å². The summed E-state index contributed by atoms with van der Waals surface area (Å²) in [5.74, 6) is -0.501. The van der Waals surface area contributed by atoms with Crippen LogP contribution < -0.4 is 10.6 Å². The van der Waals surface area contributed by atoms with Gasteiger partial charge in [0.05, 0.1) is 24.2 Å². The second-order valence-electron chi connectivity index (χ2n) is 4.95. The number of nitrogens with one attached hydrogen (secondary N) is 2. The first-order valence-electron chi connectivity index (χ1n) is 6.94. The Morgan fingerprint density at radius 3 is 3.00 bits per heavy atom. The van der Waals surface area contributed by atoms with Crippen molar-refractivity contribution in [2.45, 2.75) is 6.42 Å². The van der Waals surface area contributed by atoms with Gasteiger partial charge >= 0.3 is 0 Å². The number of thiazole rings is 1. The van der Waals surface area contributed by atoms with Crippen molar-refractivity contribution in [3.63, 3.8) is 0 Å². The minimum Gasteiger partial charge on any atom is -0.353 e. The third kappa shape index (κ3) is 3.93. The molecule has 1 aliphatic rings. The minimum absolute atomic E-state index is 0.0880. The zero-order valence-corrected chi connectivity index (χ0v) is 13.7. The Hall–Kier alpha value is -2.26. The van der Waals surface area contributed by atoms with Crippen molar-refractivity contribution in [1.82, 2.24) is 15.2 Å². The molecule has 2 N–H and O–H groups in total. The van der Waals surface area contributed by atoms with Crippen LogP contribution in [-0.4, -0.2) is 47.2 Å². The molecule has 2 aromatic rings. The molecule has 23 heavy (non-hydrogen) atoms. The predicted molar refractivity (Wildman–Crippen MR) is 87.7 cm³/mol. The standard InChI is InChI=1S/C14H14N4O3S2/c19-11-6-18(3-2-15-11)12(20)5-10-8-23-14(16-10)17-13(21)9-1-4-22-7-9/h1,4,7-8H,2-3,5-6H2,(H,15,19)(H,16,17,21). The molecule has 1 fully saturated rings. The topological polar surface area (TPSA) is 91.4 Å². The van der Waals surface area contributed by atoms with E-state index in [1.807, 2.05) is 5.38 Å². The van der Waals surface area contributed by atoms with E-state index in [1.54, 1.807) is 16.8 Å². The van der Waals surface area contributed by atoms with Crippen molar-refractivity contribution in [1.29, 1.82) is 0 Å². The maximum Gasteiger partial charge on any atom is 0.258 e. The highest BCUT2D eigenvalue weighted by Gasteiger charge is 2.22. The molecule has 1 saturated heterocycles. The molecule has 9 heteroatoms. The summed E-state index contributed by atoms with van der Waals surface area (Å²) in [6, 6.07) is 1.74. The van der Waals surface area contributed by atoms with E-state index in [0.29, 0.717) is 29.5 Å². The SMILES string of the molecule is O=C1CN(C(=O)Cc2csc(NC(=O)c3ccsc3)n2)CCN1. The number of hydrogen-bond donors (Lipinski definition) is 2. The van der Waals surface area contributed by atoms with Crippen LogP contribution in [0.4, 0.5) is 5.13 Å². The summed E-state index contributed by atoms with van der Waals surface area (Å²) < 4.78 is 0. The number of anilines is 1. The predicted octanol–water partition coefficient (Wildman–Crippen LogP) is 0.958. The third-order valence-corrected chi connectivity index (χ3v) is 4.77. The van der Waals surface area contributed by atoms with Crippen LogP contribution in [0.2, 0.25) is 0 Å². The molecule has 120 valence electrons. The Morgan fingerprint density at radius 1 is 1.39 bits per heavy atom. The van der Waals surface area contributed by atoms with Gasteiger partial charge in [-0.3, -0.25) is 19.7 Å². The number of nitrogens with zero attached hydrogens (tertiary/aromatic N) is 2. The molecule has 0 aromatic carbocycles. The molecule has 0 spiro atoms. The van der Waals surface area contributed by atoms with E-state index >= 15 is 0 Å². The van der Waals surface area contributed by atoms with Crippen LogP contribution in [0, 0.1) is 0 Å². The molecule has 1 aliphatic heterocycles. The Bertz CT molecular complexity index is 726. The molecule has 7 nitrogen and oxygen atoms in total. The lowest BCUT2D eigenvalue weighted by atomic mass is 10.2. The van der Waals surface area contributed by atoms with Gasteiger partial charge in [-0.15, -0.1) is 11.3 Å². The average Bonchev–Trinajstić information content (AvgIpc) is 3.19. The number of carbonyl (C=O) groups is 3. The molecule has 3 rings (SSSR count). The number of rotatable bonds is 4. The first-order valence-corrected chi connectivity index (χ1v) is 8.76. The van der Waals surface area contributed by atoms with Crippen molar-refractivity contribution in [3.05, 3.63) is 33.5 Å². The lowest BCUT2D eigenvalue weighted by Gasteiger charge is -2.26. The summed E-state index contributed by atoms with van der Waals surface area (Å²) >= 11 is 2.72. The van der Waals surface area contributed by atoms with Crippen LogP contribution in [0.25, 0.3) is 0 Å². The van der Waals surface area contributed by atoms with Crippen LogP contribution >= 0.6 is 22.7 Å². The second-order valence-corrected chi connectivity index (χ2v) is 6.59. The summed E-state index contributed by atoms with van der Waals surface area (Å²) in [6.45, 7) is 1.07. The van der Waals surface area contributed by atoms with Crippen LogP contribution in [0.3, 0.4) is 0 Å². The van der Waals surface area contributed by atoms with E-state index in [4.69, 9.17) is 0 Å². The summed E-state index contributed by atoms with van der Waals surface area (Å²) in [6.07, 6.45) is 0.123. The molecule has 0 aliphatic carbocycles. The lowest BCUT2D eigenvalue weighted by molar-refractivity contribution is -0.137. The van der Waals surface area contributed by atoms with Crippen LogP contribution in [0.1, 0.15) is 16.1 Å². The van der Waals surface area contributed by atoms with E-state index in [2.05, 4.69) is 15.6 Å². The molecular formula is C14H14N4O3S2. The molecular weight excluding hydrogens is 336 g/mol. The summed E-state index contributed by atoms with van der Waals surface area (Å²) in [7, 11) is 0. The molecule has 0 unspecified atom stereocenters. The number of amides is 3. The van der Waals surface area contributed by atoms with E-state index in [9.17, 15) is 14.4 Å². The fourth-order valence-electron chi connectivity index (χ4n) is 2.13. The fourth-order valence-corrected chi connectivity index (χ4v) is 3.47. The number of aromatic nitrogens is 1. The highest BCUT2D eigenvalue weighted by atomic mass is 32.1.